The van der Waals surface area contributed by atoms with Crippen LogP contribution in [0.2, 0.25) is 0 Å². The van der Waals surface area contributed by atoms with E-state index >= 15 is 0 Å². The molecule has 2 aromatic heterocycles. The fourth-order valence-electron chi connectivity index (χ4n) is 1.20. The molecule has 0 atom stereocenters. The molecule has 0 fully saturated rings. The number of nitrogens with zero attached hydrogens (tertiary/aromatic N) is 1. The maximum Gasteiger partial charge on any atom is 0.126 e. The van der Waals surface area contributed by atoms with Gasteiger partial charge in [-0.25, -0.2) is 4.98 Å². The lowest BCUT2D eigenvalue weighted by molar-refractivity contribution is 1.13. The Morgan fingerprint density at radius 2 is 2.20 bits per heavy atom. The Balaban J connectivity index is 1.96. The fourth-order valence-corrected chi connectivity index (χ4v) is 2.62. The van der Waals surface area contributed by atoms with Crippen LogP contribution in [0.5, 0.6) is 0 Å². The second-order valence-electron chi connectivity index (χ2n) is 3.28. The van der Waals surface area contributed by atoms with Crippen molar-refractivity contribution < 1.29 is 0 Å². The maximum atomic E-state index is 4.28. The van der Waals surface area contributed by atoms with Gasteiger partial charge in [0.2, 0.25) is 0 Å². The zero-order valence-electron chi connectivity index (χ0n) is 8.33. The summed E-state index contributed by atoms with van der Waals surface area (Å²) in [5, 5.41) is 3.28. The number of halogens is 1. The molecule has 2 nitrogen and oxygen atoms in total. The van der Waals surface area contributed by atoms with Crippen LogP contribution in [-0.2, 0) is 6.54 Å². The molecule has 0 amide bonds. The van der Waals surface area contributed by atoms with E-state index in [-0.39, 0.29) is 0 Å². The van der Waals surface area contributed by atoms with Gasteiger partial charge >= 0.3 is 0 Å². The molecule has 0 unspecified atom stereocenters. The summed E-state index contributed by atoms with van der Waals surface area (Å²) >= 11 is 5.18. The van der Waals surface area contributed by atoms with Gasteiger partial charge in [0.25, 0.3) is 0 Å². The Labute approximate surface area is 101 Å². The second kappa shape index (κ2) is 4.77. The number of pyridine rings is 1. The molecule has 0 aromatic carbocycles. The van der Waals surface area contributed by atoms with E-state index in [1.807, 2.05) is 19.2 Å². The standard InChI is InChI=1S/C11H11BrN2S/c1-8-2-5-11(13-6-8)14-7-9-3-4-10(12)15-9/h2-6H,7H2,1H3,(H,13,14). The largest absolute Gasteiger partial charge is 0.365 e. The number of aryl methyl sites for hydroxylation is 1. The highest BCUT2D eigenvalue weighted by atomic mass is 79.9. The lowest BCUT2D eigenvalue weighted by atomic mass is 10.3. The summed E-state index contributed by atoms with van der Waals surface area (Å²) in [5.41, 5.74) is 1.18. The first-order chi connectivity index (χ1) is 7.24. The monoisotopic (exact) mass is 282 g/mol. The van der Waals surface area contributed by atoms with Crippen molar-refractivity contribution in [1.29, 1.82) is 0 Å². The summed E-state index contributed by atoms with van der Waals surface area (Å²) in [6.45, 7) is 2.86. The van der Waals surface area contributed by atoms with Crippen molar-refractivity contribution in [1.82, 2.24) is 4.98 Å². The molecule has 1 N–H and O–H groups in total. The molecule has 78 valence electrons. The number of rotatable bonds is 3. The number of hydrogen-bond acceptors (Lipinski definition) is 3. The summed E-state index contributed by atoms with van der Waals surface area (Å²) in [4.78, 5) is 5.58. The normalized spacial score (nSPS) is 10.3. The molecule has 0 aliphatic rings. The Morgan fingerprint density at radius 1 is 1.33 bits per heavy atom. The molecule has 0 aliphatic carbocycles. The zero-order chi connectivity index (χ0) is 10.7. The molecule has 2 aromatic rings. The average Bonchev–Trinajstić information content (AvgIpc) is 2.64. The van der Waals surface area contributed by atoms with Gasteiger partial charge in [0, 0.05) is 11.1 Å². The summed E-state index contributed by atoms with van der Waals surface area (Å²) < 4.78 is 1.16. The number of anilines is 1. The summed E-state index contributed by atoms with van der Waals surface area (Å²) in [6, 6.07) is 8.22. The summed E-state index contributed by atoms with van der Waals surface area (Å²) in [6.07, 6.45) is 1.87. The highest BCUT2D eigenvalue weighted by molar-refractivity contribution is 9.11. The van der Waals surface area contributed by atoms with Crippen molar-refractivity contribution in [3.63, 3.8) is 0 Å². The Bertz CT molecular complexity index is 436. The van der Waals surface area contributed by atoms with E-state index in [1.54, 1.807) is 11.3 Å². The number of aromatic nitrogens is 1. The molecule has 2 rings (SSSR count). The molecule has 0 bridgehead atoms. The SMILES string of the molecule is Cc1ccc(NCc2ccc(Br)s2)nc1. The fraction of sp³-hybridized carbons (Fsp3) is 0.182. The van der Waals surface area contributed by atoms with E-state index in [4.69, 9.17) is 0 Å². The van der Waals surface area contributed by atoms with Gasteiger partial charge in [-0.2, -0.15) is 0 Å². The molecule has 0 spiro atoms. The van der Waals surface area contributed by atoms with Crippen LogP contribution in [0.4, 0.5) is 5.82 Å². The zero-order valence-corrected chi connectivity index (χ0v) is 10.7. The van der Waals surface area contributed by atoms with Crippen molar-refractivity contribution in [3.8, 4) is 0 Å². The smallest absolute Gasteiger partial charge is 0.126 e. The second-order valence-corrected chi connectivity index (χ2v) is 5.83. The van der Waals surface area contributed by atoms with Crippen LogP contribution in [0.25, 0.3) is 0 Å². The van der Waals surface area contributed by atoms with E-state index in [2.05, 4.69) is 44.4 Å². The van der Waals surface area contributed by atoms with Gasteiger partial charge in [0.15, 0.2) is 0 Å². The van der Waals surface area contributed by atoms with Gasteiger partial charge in [0.05, 0.1) is 10.3 Å². The minimum Gasteiger partial charge on any atom is -0.365 e. The van der Waals surface area contributed by atoms with Crippen molar-refractivity contribution >= 4 is 33.1 Å². The molecule has 0 radical (unpaired) electrons. The first-order valence-electron chi connectivity index (χ1n) is 4.65. The van der Waals surface area contributed by atoms with Crippen molar-refractivity contribution in [2.24, 2.45) is 0 Å². The van der Waals surface area contributed by atoms with E-state index in [0.29, 0.717) is 0 Å². The van der Waals surface area contributed by atoms with E-state index in [9.17, 15) is 0 Å². The van der Waals surface area contributed by atoms with Crippen molar-refractivity contribution in [2.75, 3.05) is 5.32 Å². The van der Waals surface area contributed by atoms with Crippen LogP contribution in [0.15, 0.2) is 34.2 Å². The van der Waals surface area contributed by atoms with Crippen LogP contribution in [0, 0.1) is 6.92 Å². The molecular weight excluding hydrogens is 272 g/mol. The Kier molecular flexibility index (Phi) is 3.38. The highest BCUT2D eigenvalue weighted by Gasteiger charge is 1.98. The summed E-state index contributed by atoms with van der Waals surface area (Å²) in [7, 11) is 0. The van der Waals surface area contributed by atoms with Gasteiger partial charge in [-0.15, -0.1) is 11.3 Å². The number of nitrogens with one attached hydrogen (secondary N) is 1. The van der Waals surface area contributed by atoms with Crippen LogP contribution in [0.1, 0.15) is 10.4 Å². The van der Waals surface area contributed by atoms with Crippen LogP contribution >= 0.6 is 27.3 Å². The number of thiophene rings is 1. The highest BCUT2D eigenvalue weighted by Crippen LogP contribution is 2.22. The third-order valence-electron chi connectivity index (χ3n) is 1.98. The van der Waals surface area contributed by atoms with Crippen LogP contribution in [-0.4, -0.2) is 4.98 Å². The predicted molar refractivity (Wildman–Crippen MR) is 68.3 cm³/mol. The number of hydrogen-bond donors (Lipinski definition) is 1. The van der Waals surface area contributed by atoms with Crippen molar-refractivity contribution in [3.05, 3.63) is 44.7 Å². The van der Waals surface area contributed by atoms with Gasteiger partial charge in [-0.3, -0.25) is 0 Å². The molecule has 0 saturated carbocycles. The van der Waals surface area contributed by atoms with Crippen molar-refractivity contribution in [2.45, 2.75) is 13.5 Å². The third kappa shape index (κ3) is 3.04. The van der Waals surface area contributed by atoms with Crippen LogP contribution < -0.4 is 5.32 Å². The Hall–Kier alpha value is -0.870. The first-order valence-corrected chi connectivity index (χ1v) is 6.26. The molecule has 15 heavy (non-hydrogen) atoms. The lowest BCUT2D eigenvalue weighted by Crippen LogP contribution is -1.99. The molecule has 0 aliphatic heterocycles. The average molecular weight is 283 g/mol. The predicted octanol–water partition coefficient (Wildman–Crippen LogP) is 3.83. The van der Waals surface area contributed by atoms with E-state index < -0.39 is 0 Å². The van der Waals surface area contributed by atoms with Gasteiger partial charge in [0.1, 0.15) is 5.82 Å². The van der Waals surface area contributed by atoms with Crippen LogP contribution in [0.3, 0.4) is 0 Å². The van der Waals surface area contributed by atoms with E-state index in [0.717, 1.165) is 16.1 Å². The topological polar surface area (TPSA) is 24.9 Å². The molecule has 2 heterocycles. The maximum absolute atomic E-state index is 4.28. The minimum atomic E-state index is 0.826. The first kappa shape index (κ1) is 10.6. The van der Waals surface area contributed by atoms with E-state index in [1.165, 1.54) is 10.4 Å². The lowest BCUT2D eigenvalue weighted by Gasteiger charge is -2.03. The van der Waals surface area contributed by atoms with Gasteiger partial charge in [-0.05, 0) is 46.6 Å². The minimum absolute atomic E-state index is 0.826. The molecular formula is C11H11BrN2S. The van der Waals surface area contributed by atoms with Gasteiger partial charge < -0.3 is 5.32 Å². The Morgan fingerprint density at radius 3 is 2.80 bits per heavy atom. The molecule has 0 saturated heterocycles. The third-order valence-corrected chi connectivity index (χ3v) is 3.61. The summed E-state index contributed by atoms with van der Waals surface area (Å²) in [5.74, 6) is 0.921. The quantitative estimate of drug-likeness (QED) is 0.926. The van der Waals surface area contributed by atoms with Gasteiger partial charge in [-0.1, -0.05) is 6.07 Å². The molecule has 4 heteroatoms.